The molecule has 3 saturated heterocycles. The lowest BCUT2D eigenvalue weighted by molar-refractivity contribution is -0.320. The van der Waals surface area contributed by atoms with E-state index in [1.54, 1.807) is 13.8 Å². The minimum absolute atomic E-state index is 0.0316. The van der Waals surface area contributed by atoms with Crippen molar-refractivity contribution in [2.75, 3.05) is 0 Å². The molecule has 2 aromatic carbocycles. The van der Waals surface area contributed by atoms with Crippen LogP contribution in [-0.4, -0.2) is 109 Å². The van der Waals surface area contributed by atoms with Gasteiger partial charge in [-0.15, -0.1) is 0 Å². The van der Waals surface area contributed by atoms with Gasteiger partial charge in [-0.3, -0.25) is 9.59 Å². The van der Waals surface area contributed by atoms with E-state index in [1.807, 2.05) is 13.8 Å². The first-order valence-corrected chi connectivity index (χ1v) is 18.2. The second kappa shape index (κ2) is 14.2. The van der Waals surface area contributed by atoms with Gasteiger partial charge in [-0.25, -0.2) is 0 Å². The number of ether oxygens (including phenoxy) is 6. The number of hydrogen-bond donors (Lipinski definition) is 6. The van der Waals surface area contributed by atoms with Crippen molar-refractivity contribution in [3.63, 3.8) is 0 Å². The molecule has 0 spiro atoms. The van der Waals surface area contributed by atoms with Gasteiger partial charge in [-0.2, -0.15) is 0 Å². The summed E-state index contributed by atoms with van der Waals surface area (Å²) in [5, 5.41) is 66.4. The molecule has 0 radical (unpaired) electrons. The molecule has 284 valence electrons. The van der Waals surface area contributed by atoms with Crippen molar-refractivity contribution in [1.82, 2.24) is 0 Å². The van der Waals surface area contributed by atoms with Crippen molar-refractivity contribution in [2.45, 2.75) is 152 Å². The van der Waals surface area contributed by atoms with Gasteiger partial charge in [0.25, 0.3) is 0 Å². The molecule has 0 saturated carbocycles. The van der Waals surface area contributed by atoms with Crippen molar-refractivity contribution >= 4 is 11.6 Å². The third kappa shape index (κ3) is 6.62. The summed E-state index contributed by atoms with van der Waals surface area (Å²) in [7, 11) is 0. The van der Waals surface area contributed by atoms with Crippen molar-refractivity contribution in [3.8, 4) is 17.2 Å². The molecule has 3 fully saturated rings. The number of rotatable bonds is 7. The Morgan fingerprint density at radius 2 is 1.44 bits per heavy atom. The third-order valence-corrected chi connectivity index (χ3v) is 11.4. The molecule has 52 heavy (non-hydrogen) atoms. The number of phenolic OH excluding ortho intramolecular Hbond substituents is 3. The Bertz CT molecular complexity index is 1700. The fraction of sp³-hybridized carbons (Fsp3) is 0.632. The number of benzene rings is 2. The van der Waals surface area contributed by atoms with E-state index in [4.69, 9.17) is 28.4 Å². The smallest absolute Gasteiger partial charge is 0.202 e. The molecular weight excluding hydrogens is 680 g/mol. The molecule has 3 heterocycles. The lowest BCUT2D eigenvalue weighted by Gasteiger charge is -2.44. The van der Waals surface area contributed by atoms with Crippen LogP contribution in [0.25, 0.3) is 0 Å². The first-order chi connectivity index (χ1) is 24.7. The van der Waals surface area contributed by atoms with Gasteiger partial charge >= 0.3 is 0 Å². The first-order valence-electron chi connectivity index (χ1n) is 18.2. The molecule has 2 aliphatic carbocycles. The van der Waals surface area contributed by atoms with Crippen LogP contribution in [-0.2, 0) is 34.8 Å². The van der Waals surface area contributed by atoms with E-state index in [0.717, 1.165) is 0 Å². The molecule has 7 rings (SSSR count). The number of hydrogen-bond acceptors (Lipinski definition) is 14. The highest BCUT2D eigenvalue weighted by Crippen LogP contribution is 2.53. The Labute approximate surface area is 301 Å². The van der Waals surface area contributed by atoms with Gasteiger partial charge in [0.05, 0.1) is 65.0 Å². The molecule has 14 nitrogen and oxygen atoms in total. The molecule has 2 aromatic rings. The van der Waals surface area contributed by atoms with E-state index in [-0.39, 0.29) is 66.2 Å². The van der Waals surface area contributed by atoms with Crippen LogP contribution in [0.5, 0.6) is 17.2 Å². The summed E-state index contributed by atoms with van der Waals surface area (Å²) in [6.45, 7) is 7.19. The molecule has 0 amide bonds. The van der Waals surface area contributed by atoms with Crippen LogP contribution in [0.1, 0.15) is 122 Å². The van der Waals surface area contributed by atoms with E-state index in [9.17, 15) is 40.2 Å². The van der Waals surface area contributed by atoms with E-state index >= 15 is 0 Å². The maximum absolute atomic E-state index is 13.7. The van der Waals surface area contributed by atoms with Crippen molar-refractivity contribution in [2.24, 2.45) is 0 Å². The third-order valence-electron chi connectivity index (χ3n) is 11.4. The number of carbonyl (C=O) groups excluding carboxylic acids is 2. The van der Waals surface area contributed by atoms with Crippen LogP contribution in [0.4, 0.5) is 0 Å². The predicted molar refractivity (Wildman–Crippen MR) is 180 cm³/mol. The Morgan fingerprint density at radius 3 is 2.13 bits per heavy atom. The zero-order valence-corrected chi connectivity index (χ0v) is 29.7. The number of phenols is 3. The van der Waals surface area contributed by atoms with Gasteiger partial charge in [0.15, 0.2) is 24.7 Å². The summed E-state index contributed by atoms with van der Waals surface area (Å²) < 4.78 is 36.8. The van der Waals surface area contributed by atoms with Crippen LogP contribution in [0.3, 0.4) is 0 Å². The quantitative estimate of drug-likeness (QED) is 0.193. The predicted octanol–water partition coefficient (Wildman–Crippen LogP) is 3.40. The molecule has 6 N–H and O–H groups in total. The molecule has 0 aromatic heterocycles. The van der Waals surface area contributed by atoms with Gasteiger partial charge in [-0.1, -0.05) is 19.1 Å². The number of aliphatic hydroxyl groups is 3. The highest BCUT2D eigenvalue weighted by molar-refractivity contribution is 6.31. The van der Waals surface area contributed by atoms with Crippen molar-refractivity contribution in [3.05, 3.63) is 51.6 Å². The van der Waals surface area contributed by atoms with Crippen LogP contribution in [0, 0.1) is 0 Å². The zero-order valence-electron chi connectivity index (χ0n) is 29.7. The molecular formula is C38H48O14. The van der Waals surface area contributed by atoms with Crippen LogP contribution in [0.15, 0.2) is 18.2 Å². The highest BCUT2D eigenvalue weighted by Gasteiger charge is 2.48. The first kappa shape index (κ1) is 37.1. The second-order valence-electron chi connectivity index (χ2n) is 14.9. The standard InChI is InChI=1S/C38H48O14/c1-5-38(46)14-20-30(36(45)32-31(34(20)43)33(42)19-7-6-8-22(40)29(19)35(32)44)25(15-38)51-28-13-23(41)37(18(4)49-28)52-27-12-10-24(17(3)48-27)50-26-11-9-21(39)16(2)47-26/h6-8,16-18,21,23-28,37,39-41,43,45-46H,5,9-15H2,1-4H3/t16-,17-,18-,21-,23-,24-,25-,26-,27-,28-,37+,38-/m0/s1. The molecule has 3 aliphatic heterocycles. The lowest BCUT2D eigenvalue weighted by atomic mass is 9.72. The SMILES string of the molecule is CC[C@]1(O)Cc2c(O)c3c(c(O)c2[C@@H](O[C@H]2C[C@H](O)[C@H](O[C@H]4CC[C@H](O[C@H]5CC[C@H](O)[C@H](C)O5)[C@H](C)O4)[C@H](C)O2)C1)C(=O)c1c(O)cccc1C3=O. The van der Waals surface area contributed by atoms with E-state index in [0.29, 0.717) is 25.7 Å². The van der Waals surface area contributed by atoms with E-state index in [2.05, 4.69) is 0 Å². The van der Waals surface area contributed by atoms with Crippen LogP contribution >= 0.6 is 0 Å². The normalized spacial score (nSPS) is 37.6. The number of carbonyl (C=O) groups is 2. The van der Waals surface area contributed by atoms with Gasteiger partial charge in [0.2, 0.25) is 5.78 Å². The Hall–Kier alpha value is -3.18. The topological polar surface area (TPSA) is 211 Å². The van der Waals surface area contributed by atoms with Crippen LogP contribution in [0.2, 0.25) is 0 Å². The van der Waals surface area contributed by atoms with Gasteiger partial charge in [-0.05, 0) is 46.1 Å². The average Bonchev–Trinajstić information content (AvgIpc) is 3.09. The largest absolute Gasteiger partial charge is 0.507 e. The zero-order chi connectivity index (χ0) is 37.2. The minimum atomic E-state index is -1.41. The van der Waals surface area contributed by atoms with Crippen LogP contribution < -0.4 is 0 Å². The van der Waals surface area contributed by atoms with Gasteiger partial charge in [0, 0.05) is 48.8 Å². The minimum Gasteiger partial charge on any atom is -0.507 e. The van der Waals surface area contributed by atoms with Gasteiger partial charge < -0.3 is 59.1 Å². The van der Waals surface area contributed by atoms with Crippen molar-refractivity contribution in [1.29, 1.82) is 0 Å². The Balaban J connectivity index is 1.05. The van der Waals surface area contributed by atoms with E-state index < -0.39 is 94.9 Å². The fourth-order valence-corrected chi connectivity index (χ4v) is 8.33. The summed E-state index contributed by atoms with van der Waals surface area (Å²) >= 11 is 0. The maximum Gasteiger partial charge on any atom is 0.202 e. The molecule has 14 heteroatoms. The number of ketones is 2. The average molecular weight is 729 g/mol. The summed E-state index contributed by atoms with van der Waals surface area (Å²) in [5.74, 6) is -3.15. The molecule has 5 aliphatic rings. The van der Waals surface area contributed by atoms with Gasteiger partial charge in [0.1, 0.15) is 23.4 Å². The van der Waals surface area contributed by atoms with E-state index in [1.165, 1.54) is 18.2 Å². The second-order valence-corrected chi connectivity index (χ2v) is 14.9. The maximum atomic E-state index is 13.7. The molecule has 0 unspecified atom stereocenters. The Kier molecular flexibility index (Phi) is 10.2. The summed E-state index contributed by atoms with van der Waals surface area (Å²) in [4.78, 5) is 27.2. The monoisotopic (exact) mass is 728 g/mol. The van der Waals surface area contributed by atoms with Crippen molar-refractivity contribution < 1.29 is 68.6 Å². The molecule has 12 atom stereocenters. The summed E-state index contributed by atoms with van der Waals surface area (Å²) in [6, 6.07) is 4.03. The number of fused-ring (bicyclic) bond motifs is 3. The highest BCUT2D eigenvalue weighted by atomic mass is 16.7. The Morgan fingerprint density at radius 1 is 0.769 bits per heavy atom. The number of aliphatic hydroxyl groups excluding tert-OH is 2. The number of aromatic hydroxyl groups is 3. The summed E-state index contributed by atoms with van der Waals surface area (Å²) in [6.07, 6.45) is -4.73. The lowest BCUT2D eigenvalue weighted by Crippen LogP contribution is -2.52. The fourth-order valence-electron chi connectivity index (χ4n) is 8.33. The summed E-state index contributed by atoms with van der Waals surface area (Å²) in [5.41, 5.74) is -2.54. The molecule has 0 bridgehead atoms.